The Kier molecular flexibility index (Phi) is 5.91. The van der Waals surface area contributed by atoms with Gasteiger partial charge in [0.1, 0.15) is 6.04 Å². The molecule has 0 saturated heterocycles. The van der Waals surface area contributed by atoms with Gasteiger partial charge in [0.2, 0.25) is 15.9 Å². The number of hydrogen-bond donors (Lipinski definition) is 1. The zero-order valence-corrected chi connectivity index (χ0v) is 14.0. The van der Waals surface area contributed by atoms with E-state index in [1.165, 1.54) is 4.90 Å². The zero-order valence-electron chi connectivity index (χ0n) is 13.2. The van der Waals surface area contributed by atoms with Crippen molar-refractivity contribution in [3.05, 3.63) is 18.0 Å². The van der Waals surface area contributed by atoms with Crippen LogP contribution in [0.5, 0.6) is 0 Å². The van der Waals surface area contributed by atoms with Crippen molar-refractivity contribution in [3.63, 3.8) is 0 Å². The lowest BCUT2D eigenvalue weighted by atomic mass is 10.0. The number of carbonyl (C=O) groups is 1. The van der Waals surface area contributed by atoms with Crippen LogP contribution in [0.15, 0.2) is 12.4 Å². The molecular weight excluding hydrogens is 292 g/mol. The van der Waals surface area contributed by atoms with Crippen LogP contribution in [-0.2, 0) is 28.4 Å². The molecule has 0 aliphatic carbocycles. The van der Waals surface area contributed by atoms with Gasteiger partial charge >= 0.3 is 0 Å². The summed E-state index contributed by atoms with van der Waals surface area (Å²) in [5, 5.41) is 4.05. The standard InChI is InChI=1S/C13H24N4O3S/c1-10(2)6-12(15-21(5,19)20)13(18)16(3)8-11-7-14-17(4)9-11/h7,9-10,12,15H,6,8H2,1-5H3. The zero-order chi connectivity index (χ0) is 16.2. The van der Waals surface area contributed by atoms with E-state index in [0.717, 1.165) is 11.8 Å². The second-order valence-corrected chi connectivity index (χ2v) is 7.57. The summed E-state index contributed by atoms with van der Waals surface area (Å²) in [5.74, 6) is -0.0297. The highest BCUT2D eigenvalue weighted by Gasteiger charge is 2.26. The van der Waals surface area contributed by atoms with Gasteiger partial charge in [-0.2, -0.15) is 5.10 Å². The molecule has 1 aromatic heterocycles. The van der Waals surface area contributed by atoms with Gasteiger partial charge in [-0.15, -0.1) is 0 Å². The summed E-state index contributed by atoms with van der Waals surface area (Å²) in [7, 11) is 0.0328. The molecule has 120 valence electrons. The molecule has 1 rings (SSSR count). The minimum absolute atomic E-state index is 0.208. The van der Waals surface area contributed by atoms with Crippen LogP contribution >= 0.6 is 0 Å². The first-order chi connectivity index (χ1) is 9.58. The molecule has 0 aromatic carbocycles. The summed E-state index contributed by atoms with van der Waals surface area (Å²) in [6, 6.07) is -0.735. The van der Waals surface area contributed by atoms with Crippen molar-refractivity contribution in [2.45, 2.75) is 32.9 Å². The monoisotopic (exact) mass is 316 g/mol. The van der Waals surface area contributed by atoms with Crippen LogP contribution in [0.2, 0.25) is 0 Å². The van der Waals surface area contributed by atoms with E-state index in [2.05, 4.69) is 9.82 Å². The predicted octanol–water partition coefficient (Wildman–Crippen LogP) is 0.342. The first-order valence-electron chi connectivity index (χ1n) is 6.78. The van der Waals surface area contributed by atoms with Crippen molar-refractivity contribution in [3.8, 4) is 0 Å². The van der Waals surface area contributed by atoms with E-state index in [4.69, 9.17) is 0 Å². The van der Waals surface area contributed by atoms with Gasteiger partial charge in [0, 0.05) is 32.4 Å². The summed E-state index contributed by atoms with van der Waals surface area (Å²) in [6.45, 7) is 4.30. The Morgan fingerprint density at radius 2 is 2.10 bits per heavy atom. The molecule has 21 heavy (non-hydrogen) atoms. The second kappa shape index (κ2) is 7.04. The van der Waals surface area contributed by atoms with Crippen LogP contribution in [0.25, 0.3) is 0 Å². The van der Waals surface area contributed by atoms with Crippen molar-refractivity contribution < 1.29 is 13.2 Å². The third kappa shape index (κ3) is 6.26. The van der Waals surface area contributed by atoms with E-state index in [9.17, 15) is 13.2 Å². The quantitative estimate of drug-likeness (QED) is 0.786. The number of rotatable bonds is 7. The van der Waals surface area contributed by atoms with Crippen molar-refractivity contribution in [1.82, 2.24) is 19.4 Å². The van der Waals surface area contributed by atoms with Gasteiger partial charge in [-0.25, -0.2) is 13.1 Å². The predicted molar refractivity (Wildman–Crippen MR) is 80.9 cm³/mol. The Morgan fingerprint density at radius 3 is 2.52 bits per heavy atom. The highest BCUT2D eigenvalue weighted by atomic mass is 32.2. The van der Waals surface area contributed by atoms with Gasteiger partial charge < -0.3 is 4.90 Å². The second-order valence-electron chi connectivity index (χ2n) is 5.79. The van der Waals surface area contributed by atoms with Gasteiger partial charge in [0.15, 0.2) is 0 Å². The lowest BCUT2D eigenvalue weighted by Crippen LogP contribution is -2.47. The van der Waals surface area contributed by atoms with Gasteiger partial charge in [-0.3, -0.25) is 9.48 Å². The Hall–Kier alpha value is -1.41. The number of nitrogens with one attached hydrogen (secondary N) is 1. The number of carbonyl (C=O) groups excluding carboxylic acids is 1. The van der Waals surface area contributed by atoms with Crippen molar-refractivity contribution >= 4 is 15.9 Å². The molecule has 0 bridgehead atoms. The molecule has 1 N–H and O–H groups in total. The summed E-state index contributed by atoms with van der Waals surface area (Å²) >= 11 is 0. The first-order valence-corrected chi connectivity index (χ1v) is 8.67. The number of nitrogens with zero attached hydrogens (tertiary/aromatic N) is 3. The number of sulfonamides is 1. The van der Waals surface area contributed by atoms with Crippen molar-refractivity contribution in [1.29, 1.82) is 0 Å². The highest BCUT2D eigenvalue weighted by molar-refractivity contribution is 7.88. The van der Waals surface area contributed by atoms with Crippen LogP contribution in [0.4, 0.5) is 0 Å². The van der Waals surface area contributed by atoms with E-state index < -0.39 is 16.1 Å². The number of amides is 1. The Bertz CT molecular complexity index is 580. The van der Waals surface area contributed by atoms with E-state index in [1.807, 2.05) is 20.0 Å². The molecule has 7 nitrogen and oxygen atoms in total. The van der Waals surface area contributed by atoms with Crippen molar-refractivity contribution in [2.75, 3.05) is 13.3 Å². The molecule has 1 amide bonds. The van der Waals surface area contributed by atoms with Gasteiger partial charge in [0.25, 0.3) is 0 Å². The van der Waals surface area contributed by atoms with Gasteiger partial charge in [-0.1, -0.05) is 13.8 Å². The maximum atomic E-state index is 12.4. The number of likely N-dealkylation sites (N-methyl/N-ethyl adjacent to an activating group) is 1. The molecular formula is C13H24N4O3S. The van der Waals surface area contributed by atoms with Gasteiger partial charge in [-0.05, 0) is 12.3 Å². The molecule has 0 fully saturated rings. The molecule has 0 radical (unpaired) electrons. The summed E-state index contributed by atoms with van der Waals surface area (Å²) in [6.07, 6.45) is 5.04. The maximum absolute atomic E-state index is 12.4. The normalized spacial score (nSPS) is 13.4. The molecule has 1 unspecified atom stereocenters. The SMILES string of the molecule is CC(C)CC(NS(C)(=O)=O)C(=O)N(C)Cc1cnn(C)c1. The average molecular weight is 316 g/mol. The molecule has 0 saturated carbocycles. The molecule has 1 aromatic rings. The topological polar surface area (TPSA) is 84.3 Å². The Balaban J connectivity index is 2.78. The number of aromatic nitrogens is 2. The van der Waals surface area contributed by atoms with E-state index >= 15 is 0 Å². The van der Waals surface area contributed by atoms with Crippen LogP contribution in [0, 0.1) is 5.92 Å². The maximum Gasteiger partial charge on any atom is 0.240 e. The van der Waals surface area contributed by atoms with Crippen LogP contribution in [-0.4, -0.2) is 48.4 Å². The molecule has 1 heterocycles. The van der Waals surface area contributed by atoms with Crippen molar-refractivity contribution in [2.24, 2.45) is 13.0 Å². The third-order valence-electron chi connectivity index (χ3n) is 2.92. The van der Waals surface area contributed by atoms with Crippen LogP contribution in [0.3, 0.4) is 0 Å². The average Bonchev–Trinajstić information content (AvgIpc) is 2.70. The fourth-order valence-corrected chi connectivity index (χ4v) is 2.81. The lowest BCUT2D eigenvalue weighted by Gasteiger charge is -2.24. The number of aryl methyl sites for hydroxylation is 1. The number of hydrogen-bond acceptors (Lipinski definition) is 4. The summed E-state index contributed by atoms with van der Waals surface area (Å²) in [4.78, 5) is 14.0. The third-order valence-corrected chi connectivity index (χ3v) is 3.63. The smallest absolute Gasteiger partial charge is 0.240 e. The van der Waals surface area contributed by atoms with E-state index in [1.54, 1.807) is 25.0 Å². The fourth-order valence-electron chi connectivity index (χ4n) is 2.10. The molecule has 1 atom stereocenters. The van der Waals surface area contributed by atoms with Crippen LogP contribution in [0.1, 0.15) is 25.8 Å². The highest BCUT2D eigenvalue weighted by Crippen LogP contribution is 2.10. The largest absolute Gasteiger partial charge is 0.340 e. The van der Waals surface area contributed by atoms with Gasteiger partial charge in [0.05, 0.1) is 12.5 Å². The molecule has 0 spiro atoms. The van der Waals surface area contributed by atoms with Crippen LogP contribution < -0.4 is 4.72 Å². The Morgan fingerprint density at radius 1 is 1.48 bits per heavy atom. The van der Waals surface area contributed by atoms with E-state index in [0.29, 0.717) is 13.0 Å². The summed E-state index contributed by atoms with van der Waals surface area (Å²) < 4.78 is 26.9. The Labute approximate surface area is 126 Å². The van der Waals surface area contributed by atoms with E-state index in [-0.39, 0.29) is 11.8 Å². The minimum Gasteiger partial charge on any atom is -0.340 e. The molecule has 8 heteroatoms. The minimum atomic E-state index is -3.43. The fraction of sp³-hybridized carbons (Fsp3) is 0.692. The lowest BCUT2D eigenvalue weighted by molar-refractivity contribution is -0.132. The molecule has 0 aliphatic heterocycles. The first kappa shape index (κ1) is 17.6. The summed E-state index contributed by atoms with van der Waals surface area (Å²) in [5.41, 5.74) is 0.899. The molecule has 0 aliphatic rings.